The second-order valence-electron chi connectivity index (χ2n) is 8.40. The highest BCUT2D eigenvalue weighted by Crippen LogP contribution is 2.39. The highest BCUT2D eigenvalue weighted by molar-refractivity contribution is 5.43. The summed E-state index contributed by atoms with van der Waals surface area (Å²) in [5, 5.41) is 0. The van der Waals surface area contributed by atoms with Crippen LogP contribution < -0.4 is 9.47 Å². The predicted octanol–water partition coefficient (Wildman–Crippen LogP) is 5.47. The predicted molar refractivity (Wildman–Crippen MR) is 129 cm³/mol. The molecule has 0 saturated heterocycles. The van der Waals surface area contributed by atoms with Gasteiger partial charge in [0.1, 0.15) is 17.3 Å². The number of hydrogen-bond donors (Lipinski definition) is 0. The van der Waals surface area contributed by atoms with E-state index >= 15 is 0 Å². The van der Waals surface area contributed by atoms with Crippen molar-refractivity contribution >= 4 is 0 Å². The van der Waals surface area contributed by atoms with E-state index in [0.717, 1.165) is 43.4 Å². The highest BCUT2D eigenvalue weighted by Gasteiger charge is 2.29. The Bertz CT molecular complexity index is 1170. The first-order valence-electron chi connectivity index (χ1n) is 11.4. The zero-order valence-corrected chi connectivity index (χ0v) is 18.9. The van der Waals surface area contributed by atoms with Gasteiger partial charge in [0.25, 0.3) is 0 Å². The summed E-state index contributed by atoms with van der Waals surface area (Å²) in [5.74, 6) is 2.86. The minimum atomic E-state index is 0.214. The largest absolute Gasteiger partial charge is 0.497 e. The van der Waals surface area contributed by atoms with Crippen LogP contribution in [-0.2, 0) is 19.6 Å². The molecule has 0 N–H and O–H groups in total. The third-order valence-electron chi connectivity index (χ3n) is 6.24. The average molecular weight is 440 g/mol. The molecule has 3 aromatic carbocycles. The Hall–Kier alpha value is -3.57. The molecule has 0 bridgehead atoms. The van der Waals surface area contributed by atoms with Crippen LogP contribution in [0.4, 0.5) is 0 Å². The van der Waals surface area contributed by atoms with Gasteiger partial charge >= 0.3 is 0 Å². The summed E-state index contributed by atoms with van der Waals surface area (Å²) in [6.07, 6.45) is 4.90. The van der Waals surface area contributed by atoms with Crippen molar-refractivity contribution in [1.82, 2.24) is 14.5 Å². The molecule has 1 unspecified atom stereocenters. The van der Waals surface area contributed by atoms with Crippen molar-refractivity contribution in [3.05, 3.63) is 114 Å². The van der Waals surface area contributed by atoms with E-state index in [1.165, 1.54) is 16.7 Å². The Morgan fingerprint density at radius 2 is 1.73 bits per heavy atom. The van der Waals surface area contributed by atoms with Crippen molar-refractivity contribution in [3.63, 3.8) is 0 Å². The molecule has 1 aromatic heterocycles. The number of rotatable bonds is 8. The molecule has 5 nitrogen and oxygen atoms in total. The number of imidazole rings is 1. The number of aromatic nitrogens is 2. The third kappa shape index (κ3) is 4.94. The van der Waals surface area contributed by atoms with Crippen LogP contribution in [-0.4, -0.2) is 28.2 Å². The van der Waals surface area contributed by atoms with Crippen molar-refractivity contribution in [2.24, 2.45) is 0 Å². The zero-order chi connectivity index (χ0) is 22.5. The maximum absolute atomic E-state index is 5.99. The van der Waals surface area contributed by atoms with Crippen LogP contribution in [0.25, 0.3) is 0 Å². The van der Waals surface area contributed by atoms with Gasteiger partial charge in [0.05, 0.1) is 20.3 Å². The molecule has 1 aliphatic rings. The van der Waals surface area contributed by atoms with E-state index in [0.29, 0.717) is 6.61 Å². The fourth-order valence-corrected chi connectivity index (χ4v) is 4.55. The summed E-state index contributed by atoms with van der Waals surface area (Å²) in [7, 11) is 1.71. The van der Waals surface area contributed by atoms with Crippen molar-refractivity contribution in [2.45, 2.75) is 32.1 Å². The lowest BCUT2D eigenvalue weighted by atomic mass is 9.97. The van der Waals surface area contributed by atoms with E-state index in [4.69, 9.17) is 14.5 Å². The van der Waals surface area contributed by atoms with Crippen LogP contribution in [0.1, 0.15) is 35.0 Å². The second-order valence-corrected chi connectivity index (χ2v) is 8.40. The van der Waals surface area contributed by atoms with Crippen LogP contribution in [0.3, 0.4) is 0 Å². The maximum atomic E-state index is 5.99. The first kappa shape index (κ1) is 21.3. The topological polar surface area (TPSA) is 39.5 Å². The number of hydrogen-bond acceptors (Lipinski definition) is 4. The zero-order valence-electron chi connectivity index (χ0n) is 18.9. The van der Waals surface area contributed by atoms with E-state index in [1.807, 2.05) is 18.3 Å². The molecule has 1 atom stereocenters. The molecule has 168 valence electrons. The first-order valence-corrected chi connectivity index (χ1v) is 11.4. The van der Waals surface area contributed by atoms with Crippen LogP contribution in [0.5, 0.6) is 11.5 Å². The molecule has 5 heteroatoms. The lowest BCUT2D eigenvalue weighted by Gasteiger charge is -2.36. The lowest BCUT2D eigenvalue weighted by Crippen LogP contribution is -2.33. The SMILES string of the molecule is COc1ccc2c(c1)C(N(Cc1ccccc1)Cc1nccn1Cc1ccccc1)CCO2. The molecule has 0 fully saturated rings. The van der Waals surface area contributed by atoms with Crippen molar-refractivity contribution in [1.29, 1.82) is 0 Å². The van der Waals surface area contributed by atoms with Crippen molar-refractivity contribution in [3.8, 4) is 11.5 Å². The Morgan fingerprint density at radius 3 is 2.48 bits per heavy atom. The second kappa shape index (κ2) is 9.92. The van der Waals surface area contributed by atoms with Gasteiger partial charge in [-0.25, -0.2) is 4.98 Å². The van der Waals surface area contributed by atoms with Crippen LogP contribution in [0.2, 0.25) is 0 Å². The van der Waals surface area contributed by atoms with Crippen LogP contribution in [0, 0.1) is 0 Å². The van der Waals surface area contributed by atoms with Gasteiger partial charge in [-0.15, -0.1) is 0 Å². The summed E-state index contributed by atoms with van der Waals surface area (Å²) in [4.78, 5) is 7.26. The Balaban J connectivity index is 1.47. The summed E-state index contributed by atoms with van der Waals surface area (Å²) in [6.45, 7) is 3.09. The van der Waals surface area contributed by atoms with E-state index < -0.39 is 0 Å². The van der Waals surface area contributed by atoms with E-state index in [2.05, 4.69) is 82.4 Å². The van der Waals surface area contributed by atoms with Crippen LogP contribution >= 0.6 is 0 Å². The van der Waals surface area contributed by atoms with Gasteiger partial charge in [-0.3, -0.25) is 4.90 Å². The minimum absolute atomic E-state index is 0.214. The quantitative estimate of drug-likeness (QED) is 0.365. The summed E-state index contributed by atoms with van der Waals surface area (Å²) < 4.78 is 13.8. The number of fused-ring (bicyclic) bond motifs is 1. The number of nitrogens with zero attached hydrogens (tertiary/aromatic N) is 3. The van der Waals surface area contributed by atoms with E-state index in [1.54, 1.807) is 7.11 Å². The molecule has 0 spiro atoms. The van der Waals surface area contributed by atoms with Gasteiger partial charge in [0.15, 0.2) is 0 Å². The Labute approximate surface area is 195 Å². The Morgan fingerprint density at radius 1 is 0.970 bits per heavy atom. The van der Waals surface area contributed by atoms with Gasteiger partial charge in [-0.2, -0.15) is 0 Å². The molecule has 0 saturated carbocycles. The number of methoxy groups -OCH3 is 1. The molecule has 2 heterocycles. The van der Waals surface area contributed by atoms with Gasteiger partial charge in [-0.05, 0) is 29.3 Å². The van der Waals surface area contributed by atoms with E-state index in [9.17, 15) is 0 Å². The minimum Gasteiger partial charge on any atom is -0.497 e. The maximum Gasteiger partial charge on any atom is 0.124 e. The smallest absolute Gasteiger partial charge is 0.124 e. The first-order chi connectivity index (χ1) is 16.3. The summed E-state index contributed by atoms with van der Waals surface area (Å²) in [6, 6.07) is 27.5. The van der Waals surface area contributed by atoms with Crippen molar-refractivity contribution < 1.29 is 9.47 Å². The van der Waals surface area contributed by atoms with Gasteiger partial charge in [0.2, 0.25) is 0 Å². The van der Waals surface area contributed by atoms with Crippen molar-refractivity contribution in [2.75, 3.05) is 13.7 Å². The Kier molecular flexibility index (Phi) is 6.40. The van der Waals surface area contributed by atoms with Gasteiger partial charge in [0, 0.05) is 43.5 Å². The molecule has 4 aromatic rings. The molecule has 0 amide bonds. The van der Waals surface area contributed by atoms with Crippen LogP contribution in [0.15, 0.2) is 91.3 Å². The molecular formula is C28H29N3O2. The molecular weight excluding hydrogens is 410 g/mol. The molecule has 5 rings (SSSR count). The lowest BCUT2D eigenvalue weighted by molar-refractivity contribution is 0.122. The standard InChI is InChI=1S/C28H29N3O2/c1-32-24-12-13-27-25(18-24)26(14-17-33-27)31(20-23-10-6-3-7-11-23)21-28-29-15-16-30(28)19-22-8-4-2-5-9-22/h2-13,15-16,18,26H,14,17,19-21H2,1H3. The normalized spacial score (nSPS) is 15.2. The average Bonchev–Trinajstić information content (AvgIpc) is 3.30. The molecule has 1 aliphatic heterocycles. The van der Waals surface area contributed by atoms with Gasteiger partial charge < -0.3 is 14.0 Å². The van der Waals surface area contributed by atoms with E-state index in [-0.39, 0.29) is 6.04 Å². The fraction of sp³-hybridized carbons (Fsp3) is 0.250. The molecule has 0 radical (unpaired) electrons. The summed E-state index contributed by atoms with van der Waals surface area (Å²) >= 11 is 0. The number of benzene rings is 3. The van der Waals surface area contributed by atoms with Gasteiger partial charge in [-0.1, -0.05) is 60.7 Å². The summed E-state index contributed by atoms with van der Waals surface area (Å²) in [5.41, 5.74) is 3.74. The highest BCUT2D eigenvalue weighted by atomic mass is 16.5. The monoisotopic (exact) mass is 439 g/mol. The molecule has 0 aliphatic carbocycles. The molecule has 33 heavy (non-hydrogen) atoms. The number of ether oxygens (including phenoxy) is 2. The fourth-order valence-electron chi connectivity index (χ4n) is 4.55. The third-order valence-corrected chi connectivity index (χ3v) is 6.24.